The van der Waals surface area contributed by atoms with Crippen LogP contribution < -0.4 is 0 Å². The van der Waals surface area contributed by atoms with Crippen molar-refractivity contribution in [3.63, 3.8) is 0 Å². The molecule has 0 aliphatic carbocycles. The number of allylic oxidation sites excluding steroid dienone is 18. The lowest BCUT2D eigenvalue weighted by atomic mass is 10.0. The largest absolute Gasteiger partial charge is 0.472 e. The van der Waals surface area contributed by atoms with Gasteiger partial charge in [0.1, 0.15) is 19.3 Å². The van der Waals surface area contributed by atoms with Crippen LogP contribution in [0.3, 0.4) is 0 Å². The molecule has 0 amide bonds. The lowest BCUT2D eigenvalue weighted by molar-refractivity contribution is -0.161. The molecule has 0 aliphatic rings. The smallest absolute Gasteiger partial charge is 0.462 e. The third kappa shape index (κ3) is 81.7. The van der Waals surface area contributed by atoms with Gasteiger partial charge >= 0.3 is 39.5 Å². The fraction of sp³-hybridized carbons (Fsp3) is 0.758. The predicted octanol–water partition coefficient (Wildman–Crippen LogP) is 26.5. The van der Waals surface area contributed by atoms with Crippen LogP contribution in [0.15, 0.2) is 109 Å². The number of hydrogen-bond donors (Lipinski definition) is 3. The van der Waals surface area contributed by atoms with Crippen molar-refractivity contribution in [3.05, 3.63) is 109 Å². The highest BCUT2D eigenvalue weighted by atomic mass is 31.2. The normalized spacial score (nSPS) is 14.3. The van der Waals surface area contributed by atoms with Crippen molar-refractivity contribution in [2.75, 3.05) is 39.6 Å². The van der Waals surface area contributed by atoms with Gasteiger partial charge in [0.05, 0.1) is 26.4 Å². The molecule has 0 aromatic rings. The summed E-state index contributed by atoms with van der Waals surface area (Å²) in [5.41, 5.74) is 0. The Balaban J connectivity index is 5.38. The van der Waals surface area contributed by atoms with E-state index in [0.717, 1.165) is 199 Å². The average Bonchev–Trinajstić information content (AvgIpc) is 0.900. The Morgan fingerprint density at radius 2 is 0.445 bits per heavy atom. The van der Waals surface area contributed by atoms with Crippen LogP contribution in [0.2, 0.25) is 0 Å². The Morgan fingerprint density at radius 3 is 0.700 bits per heavy atom. The molecule has 5 atom stereocenters. The molecule has 0 bridgehead atoms. The Kier molecular flexibility index (Phi) is 79.5. The summed E-state index contributed by atoms with van der Waals surface area (Å²) in [6.45, 7) is 4.82. The van der Waals surface area contributed by atoms with Gasteiger partial charge in [-0.15, -0.1) is 0 Å². The van der Waals surface area contributed by atoms with Gasteiger partial charge in [-0.3, -0.25) is 37.3 Å². The topological polar surface area (TPSA) is 237 Å². The summed E-state index contributed by atoms with van der Waals surface area (Å²) in [6.07, 6.45) is 91.7. The first-order valence-electron chi connectivity index (χ1n) is 44.1. The summed E-state index contributed by atoms with van der Waals surface area (Å²) in [7, 11) is -9.97. The molecule has 0 rings (SSSR count). The summed E-state index contributed by atoms with van der Waals surface area (Å²) < 4.78 is 68.9. The number of unbranched alkanes of at least 4 members (excludes halogenated alkanes) is 39. The second-order valence-corrected chi connectivity index (χ2v) is 32.4. The van der Waals surface area contributed by atoms with Crippen LogP contribution in [0.5, 0.6) is 0 Å². The Morgan fingerprint density at radius 1 is 0.255 bits per heavy atom. The molecule has 5 unspecified atom stereocenters. The van der Waals surface area contributed by atoms with Gasteiger partial charge < -0.3 is 33.8 Å². The molecule has 3 N–H and O–H groups in total. The van der Waals surface area contributed by atoms with E-state index in [1.165, 1.54) is 109 Å². The molecule has 636 valence electrons. The fourth-order valence-corrected chi connectivity index (χ4v) is 13.5. The van der Waals surface area contributed by atoms with Crippen LogP contribution in [0.4, 0.5) is 0 Å². The maximum atomic E-state index is 13.2. The lowest BCUT2D eigenvalue weighted by Crippen LogP contribution is -2.30. The minimum Gasteiger partial charge on any atom is -0.462 e. The van der Waals surface area contributed by atoms with Crippen molar-refractivity contribution in [1.82, 2.24) is 0 Å². The lowest BCUT2D eigenvalue weighted by Gasteiger charge is -2.21. The maximum Gasteiger partial charge on any atom is 0.472 e. The number of carbonyl (C=O) groups excluding carboxylic acids is 4. The summed E-state index contributed by atoms with van der Waals surface area (Å²) in [4.78, 5) is 73.3. The monoisotopic (exact) mass is 1590 g/mol. The van der Waals surface area contributed by atoms with Crippen molar-refractivity contribution in [2.45, 2.75) is 406 Å². The molecule has 0 spiro atoms. The van der Waals surface area contributed by atoms with E-state index in [2.05, 4.69) is 137 Å². The summed E-state index contributed by atoms with van der Waals surface area (Å²) in [5.74, 6) is -2.19. The van der Waals surface area contributed by atoms with Gasteiger partial charge in [-0.05, 0) is 141 Å². The van der Waals surface area contributed by atoms with Gasteiger partial charge in [0.25, 0.3) is 0 Å². The number of aliphatic hydroxyl groups excluding tert-OH is 1. The molecule has 0 heterocycles. The highest BCUT2D eigenvalue weighted by Gasteiger charge is 2.30. The van der Waals surface area contributed by atoms with E-state index in [1.54, 1.807) is 0 Å². The fourth-order valence-electron chi connectivity index (χ4n) is 11.9. The first-order chi connectivity index (χ1) is 53.7. The molecule has 0 fully saturated rings. The number of carbonyl (C=O) groups is 4. The summed E-state index contributed by atoms with van der Waals surface area (Å²) in [5, 5.41) is 10.7. The quantitative estimate of drug-likeness (QED) is 0.0169. The average molecular weight is 1590 g/mol. The maximum absolute atomic E-state index is 13.2. The first-order valence-corrected chi connectivity index (χ1v) is 47.1. The van der Waals surface area contributed by atoms with Gasteiger partial charge in [0, 0.05) is 25.7 Å². The number of esters is 4. The van der Waals surface area contributed by atoms with E-state index in [0.29, 0.717) is 25.7 Å². The van der Waals surface area contributed by atoms with Gasteiger partial charge in [-0.2, -0.15) is 0 Å². The number of ether oxygens (including phenoxy) is 4. The molecule has 0 saturated heterocycles. The standard InChI is InChI=1S/C91H160O17P2/c1-5-9-13-17-21-25-29-33-36-39-42-45-48-52-55-59-63-67-71-75-88(93)101-81-86(107-90(95)77-73-69-65-61-57-51-32-28-24-20-16-12-8-4)83-105-109(97,98)103-79-85(92)80-104-110(99,100)106-84-87(108-91(96)78-74-70-66-62-58-54-50-47-44-41-38-35-31-27-23-19-15-11-7-3)82-102-89(94)76-72-68-64-60-56-53-49-46-43-40-37-34-30-26-22-18-14-10-6-2/h21-23,25-27,33-38,42-47,85-87,92H,5-20,24,28-32,39-41,48-84H2,1-4H3,(H,97,98)(H,99,100)/b25-21-,26-22-,27-23-,36-33-,37-34-,38-35-,45-42-,46-43-,47-44-. The molecule has 0 saturated carbocycles. The van der Waals surface area contributed by atoms with Crippen molar-refractivity contribution in [2.24, 2.45) is 0 Å². The Hall–Kier alpha value is -4.28. The molecule has 17 nitrogen and oxygen atoms in total. The van der Waals surface area contributed by atoms with Crippen molar-refractivity contribution in [3.8, 4) is 0 Å². The second kappa shape index (κ2) is 82.7. The van der Waals surface area contributed by atoms with Gasteiger partial charge in [0.15, 0.2) is 12.2 Å². The zero-order chi connectivity index (χ0) is 80.3. The zero-order valence-electron chi connectivity index (χ0n) is 69.9. The number of aliphatic hydroxyl groups is 1. The highest BCUT2D eigenvalue weighted by Crippen LogP contribution is 2.45. The van der Waals surface area contributed by atoms with Crippen LogP contribution in [0, 0.1) is 0 Å². The molecule has 19 heteroatoms. The third-order valence-electron chi connectivity index (χ3n) is 18.7. The predicted molar refractivity (Wildman–Crippen MR) is 455 cm³/mol. The van der Waals surface area contributed by atoms with E-state index in [4.69, 9.17) is 37.0 Å². The van der Waals surface area contributed by atoms with Crippen LogP contribution in [-0.4, -0.2) is 96.7 Å². The van der Waals surface area contributed by atoms with Crippen LogP contribution in [0.1, 0.15) is 387 Å². The van der Waals surface area contributed by atoms with Gasteiger partial charge in [0.2, 0.25) is 0 Å². The molecular weight excluding hydrogens is 1430 g/mol. The number of hydrogen-bond acceptors (Lipinski definition) is 15. The molecule has 0 aromatic heterocycles. The van der Waals surface area contributed by atoms with Crippen molar-refractivity contribution < 1.29 is 80.2 Å². The van der Waals surface area contributed by atoms with Crippen molar-refractivity contribution in [1.29, 1.82) is 0 Å². The molecule has 0 aromatic carbocycles. The van der Waals surface area contributed by atoms with Crippen LogP contribution in [0.25, 0.3) is 0 Å². The van der Waals surface area contributed by atoms with E-state index < -0.39 is 97.5 Å². The van der Waals surface area contributed by atoms with E-state index in [9.17, 15) is 43.2 Å². The molecule has 0 aliphatic heterocycles. The third-order valence-corrected chi connectivity index (χ3v) is 20.6. The van der Waals surface area contributed by atoms with Crippen LogP contribution in [-0.2, 0) is 65.4 Å². The minimum atomic E-state index is -4.99. The van der Waals surface area contributed by atoms with Gasteiger partial charge in [-0.1, -0.05) is 330 Å². The zero-order valence-corrected chi connectivity index (χ0v) is 71.7. The summed E-state index contributed by atoms with van der Waals surface area (Å²) in [6, 6.07) is 0. The number of phosphoric acid groups is 2. The second-order valence-electron chi connectivity index (χ2n) is 29.5. The minimum absolute atomic E-state index is 0.0770. The highest BCUT2D eigenvalue weighted by molar-refractivity contribution is 7.47. The number of rotatable bonds is 83. The van der Waals surface area contributed by atoms with Crippen LogP contribution >= 0.6 is 15.6 Å². The van der Waals surface area contributed by atoms with E-state index >= 15 is 0 Å². The first kappa shape index (κ1) is 106. The van der Waals surface area contributed by atoms with E-state index in [1.807, 2.05) is 0 Å². The Labute approximate surface area is 670 Å². The van der Waals surface area contributed by atoms with E-state index in [-0.39, 0.29) is 25.7 Å². The SMILES string of the molecule is CCCCC/C=C\C/C=C\C/C=C\CCCCCCCCC(=O)OCC(COP(=O)(O)OCC(O)COP(=O)(O)OCC(COC(=O)CCCCCCCC/C=C\C/C=C\C/C=C\CCCCC)OC(=O)CCCCCCCCCCCCCCC)OC(=O)CCCCCCCC/C=C\C/C=C\C/C=C\CCCCC. The van der Waals surface area contributed by atoms with Crippen molar-refractivity contribution >= 4 is 39.5 Å². The molecular formula is C91H160O17P2. The molecule has 110 heavy (non-hydrogen) atoms. The molecule has 0 radical (unpaired) electrons. The number of phosphoric ester groups is 2. The summed E-state index contributed by atoms with van der Waals surface area (Å²) >= 11 is 0. The van der Waals surface area contributed by atoms with Gasteiger partial charge in [-0.25, -0.2) is 9.13 Å². The Bertz CT molecular complexity index is 2500.